The first-order valence-electron chi connectivity index (χ1n) is 8.42. The molecule has 0 bridgehead atoms. The second-order valence-corrected chi connectivity index (χ2v) is 6.93. The van der Waals surface area contributed by atoms with E-state index < -0.39 is 0 Å². The maximum absolute atomic E-state index is 4.44. The second kappa shape index (κ2) is 7.81. The molecule has 2 aromatic rings. The van der Waals surface area contributed by atoms with Crippen LogP contribution in [0.4, 0.5) is 5.82 Å². The number of aryl methyl sites for hydroxylation is 2. The van der Waals surface area contributed by atoms with Crippen molar-refractivity contribution in [2.45, 2.75) is 56.6 Å². The van der Waals surface area contributed by atoms with Crippen molar-refractivity contribution in [2.75, 3.05) is 18.1 Å². The van der Waals surface area contributed by atoms with E-state index in [1.165, 1.54) is 31.2 Å². The van der Waals surface area contributed by atoms with Crippen molar-refractivity contribution in [3.63, 3.8) is 0 Å². The maximum Gasteiger partial charge on any atom is 0.191 e. The van der Waals surface area contributed by atoms with Crippen molar-refractivity contribution in [1.82, 2.24) is 19.7 Å². The molecule has 6 heteroatoms. The third kappa shape index (κ3) is 4.05. The average molecular weight is 331 g/mol. The SMILES string of the molecule is CSc1nnc(CCCNc2cc(C)ccn2)n1C1CCCC1. The fourth-order valence-electron chi connectivity index (χ4n) is 3.24. The summed E-state index contributed by atoms with van der Waals surface area (Å²) in [5.41, 5.74) is 1.23. The minimum Gasteiger partial charge on any atom is -0.370 e. The molecule has 124 valence electrons. The largest absolute Gasteiger partial charge is 0.370 e. The molecule has 0 amide bonds. The lowest BCUT2D eigenvalue weighted by molar-refractivity contribution is 0.461. The number of hydrogen-bond donors (Lipinski definition) is 1. The van der Waals surface area contributed by atoms with E-state index in [1.54, 1.807) is 11.8 Å². The molecule has 0 atom stereocenters. The van der Waals surface area contributed by atoms with E-state index in [0.29, 0.717) is 6.04 Å². The van der Waals surface area contributed by atoms with Crippen LogP contribution in [0, 0.1) is 6.92 Å². The van der Waals surface area contributed by atoms with Crippen molar-refractivity contribution in [1.29, 1.82) is 0 Å². The third-order valence-electron chi connectivity index (χ3n) is 4.41. The van der Waals surface area contributed by atoms with Gasteiger partial charge in [0.1, 0.15) is 11.6 Å². The van der Waals surface area contributed by atoms with Crippen molar-refractivity contribution in [3.8, 4) is 0 Å². The van der Waals surface area contributed by atoms with Crippen molar-refractivity contribution in [2.24, 2.45) is 0 Å². The standard InChI is InChI=1S/C17H25N5S/c1-13-9-11-19-15(12-13)18-10-5-8-16-20-21-17(23-2)22(16)14-6-3-4-7-14/h9,11-12,14H,3-8,10H2,1-2H3,(H,18,19). The summed E-state index contributed by atoms with van der Waals surface area (Å²) in [6, 6.07) is 4.69. The number of pyridine rings is 1. The molecule has 2 aromatic heterocycles. The number of rotatable bonds is 7. The van der Waals surface area contributed by atoms with Crippen LogP contribution in [0.15, 0.2) is 23.5 Å². The highest BCUT2D eigenvalue weighted by atomic mass is 32.2. The first-order chi connectivity index (χ1) is 11.3. The Bertz CT molecular complexity index is 634. The van der Waals surface area contributed by atoms with Gasteiger partial charge in [0, 0.05) is 25.2 Å². The molecule has 0 saturated heterocycles. The molecule has 0 spiro atoms. The molecule has 0 aliphatic heterocycles. The molecule has 1 aliphatic carbocycles. The Morgan fingerprint density at radius 3 is 2.87 bits per heavy atom. The monoisotopic (exact) mass is 331 g/mol. The zero-order valence-electron chi connectivity index (χ0n) is 14.0. The van der Waals surface area contributed by atoms with Crippen molar-refractivity contribution < 1.29 is 0 Å². The first kappa shape index (κ1) is 16.3. The molecule has 0 radical (unpaired) electrons. The van der Waals surface area contributed by atoms with Gasteiger partial charge in [0.05, 0.1) is 0 Å². The zero-order valence-corrected chi connectivity index (χ0v) is 14.8. The van der Waals surface area contributed by atoms with Crippen LogP contribution in [0.2, 0.25) is 0 Å². The van der Waals surface area contributed by atoms with Gasteiger partial charge in [-0.15, -0.1) is 10.2 Å². The smallest absolute Gasteiger partial charge is 0.191 e. The number of anilines is 1. The van der Waals surface area contributed by atoms with E-state index >= 15 is 0 Å². The summed E-state index contributed by atoms with van der Waals surface area (Å²) in [5.74, 6) is 2.09. The summed E-state index contributed by atoms with van der Waals surface area (Å²) < 4.78 is 2.39. The van der Waals surface area contributed by atoms with Crippen LogP contribution in [0.25, 0.3) is 0 Å². The van der Waals surface area contributed by atoms with Gasteiger partial charge in [-0.25, -0.2) is 4.98 Å². The number of nitrogens with one attached hydrogen (secondary N) is 1. The van der Waals surface area contributed by atoms with Crippen molar-refractivity contribution in [3.05, 3.63) is 29.7 Å². The van der Waals surface area contributed by atoms with E-state index in [-0.39, 0.29) is 0 Å². The predicted molar refractivity (Wildman–Crippen MR) is 95.1 cm³/mol. The average Bonchev–Trinajstić information content (AvgIpc) is 3.20. The molecule has 0 aromatic carbocycles. The minimum absolute atomic E-state index is 0.605. The Morgan fingerprint density at radius 2 is 2.13 bits per heavy atom. The maximum atomic E-state index is 4.44. The van der Waals surface area contributed by atoms with Gasteiger partial charge in [0.15, 0.2) is 5.16 Å². The molecule has 1 aliphatic rings. The summed E-state index contributed by atoms with van der Waals surface area (Å²) in [4.78, 5) is 4.33. The molecule has 1 N–H and O–H groups in total. The normalized spacial score (nSPS) is 15.2. The highest BCUT2D eigenvalue weighted by Crippen LogP contribution is 2.33. The van der Waals surface area contributed by atoms with Gasteiger partial charge >= 0.3 is 0 Å². The lowest BCUT2D eigenvalue weighted by Gasteiger charge is -2.16. The fraction of sp³-hybridized carbons (Fsp3) is 0.588. The van der Waals surface area contributed by atoms with E-state index in [2.05, 4.69) is 44.3 Å². The van der Waals surface area contributed by atoms with Gasteiger partial charge in [-0.2, -0.15) is 0 Å². The summed E-state index contributed by atoms with van der Waals surface area (Å²) >= 11 is 1.70. The molecule has 1 saturated carbocycles. The third-order valence-corrected chi connectivity index (χ3v) is 5.05. The van der Waals surface area contributed by atoms with Gasteiger partial charge < -0.3 is 9.88 Å². The summed E-state index contributed by atoms with van der Waals surface area (Å²) in [6.07, 6.45) is 11.1. The second-order valence-electron chi connectivity index (χ2n) is 6.16. The molecule has 5 nitrogen and oxygen atoms in total. The lowest BCUT2D eigenvalue weighted by Crippen LogP contribution is -2.12. The molecule has 3 rings (SSSR count). The highest BCUT2D eigenvalue weighted by Gasteiger charge is 2.23. The number of hydrogen-bond acceptors (Lipinski definition) is 5. The number of thioether (sulfide) groups is 1. The number of nitrogens with zero attached hydrogens (tertiary/aromatic N) is 4. The Balaban J connectivity index is 1.56. The van der Waals surface area contributed by atoms with Crippen LogP contribution in [-0.4, -0.2) is 32.5 Å². The van der Waals surface area contributed by atoms with E-state index in [1.807, 2.05) is 12.3 Å². The molecule has 23 heavy (non-hydrogen) atoms. The quantitative estimate of drug-likeness (QED) is 0.616. The molecule has 2 heterocycles. The molecule has 1 fully saturated rings. The van der Waals surface area contributed by atoms with E-state index in [0.717, 1.165) is 36.2 Å². The topological polar surface area (TPSA) is 55.6 Å². The van der Waals surface area contributed by atoms with Crippen LogP contribution >= 0.6 is 11.8 Å². The van der Waals surface area contributed by atoms with Crippen LogP contribution in [0.5, 0.6) is 0 Å². The van der Waals surface area contributed by atoms with Gasteiger partial charge in [0.25, 0.3) is 0 Å². The Kier molecular flexibility index (Phi) is 5.54. The number of aromatic nitrogens is 4. The van der Waals surface area contributed by atoms with Crippen LogP contribution in [0.3, 0.4) is 0 Å². The van der Waals surface area contributed by atoms with Crippen LogP contribution < -0.4 is 5.32 Å². The van der Waals surface area contributed by atoms with Crippen molar-refractivity contribution >= 4 is 17.6 Å². The van der Waals surface area contributed by atoms with Gasteiger partial charge in [-0.1, -0.05) is 24.6 Å². The highest BCUT2D eigenvalue weighted by molar-refractivity contribution is 7.98. The van der Waals surface area contributed by atoms with E-state index in [9.17, 15) is 0 Å². The first-order valence-corrected chi connectivity index (χ1v) is 9.64. The van der Waals surface area contributed by atoms with Gasteiger partial charge in [-0.3, -0.25) is 0 Å². The lowest BCUT2D eigenvalue weighted by atomic mass is 10.2. The van der Waals surface area contributed by atoms with E-state index in [4.69, 9.17) is 0 Å². The molecule has 0 unspecified atom stereocenters. The Morgan fingerprint density at radius 1 is 1.30 bits per heavy atom. The molecular formula is C17H25N5S. The fourth-order valence-corrected chi connectivity index (χ4v) is 3.82. The summed E-state index contributed by atoms with van der Waals surface area (Å²) in [5, 5.41) is 13.3. The van der Waals surface area contributed by atoms with Gasteiger partial charge in [0.2, 0.25) is 0 Å². The predicted octanol–water partition coefficient (Wildman–Crippen LogP) is 3.86. The minimum atomic E-state index is 0.605. The Hall–Kier alpha value is -1.56. The summed E-state index contributed by atoms with van der Waals surface area (Å²) in [7, 11) is 0. The zero-order chi connectivity index (χ0) is 16.1. The molecular weight excluding hydrogens is 306 g/mol. The van der Waals surface area contributed by atoms with Crippen LogP contribution in [0.1, 0.15) is 49.5 Å². The Labute approximate surface area is 142 Å². The van der Waals surface area contributed by atoms with Gasteiger partial charge in [-0.05, 0) is 50.1 Å². The summed E-state index contributed by atoms with van der Waals surface area (Å²) in [6.45, 7) is 2.99. The van der Waals surface area contributed by atoms with Crippen LogP contribution in [-0.2, 0) is 6.42 Å².